The number of carbonyl (C=O) groups is 1. The highest BCUT2D eigenvalue weighted by atomic mass is 16.5. The first kappa shape index (κ1) is 17.2. The molecule has 0 spiro atoms. The van der Waals surface area contributed by atoms with Gasteiger partial charge >= 0.3 is 6.03 Å². The lowest BCUT2D eigenvalue weighted by molar-refractivity contribution is 0.240. The van der Waals surface area contributed by atoms with E-state index in [2.05, 4.69) is 16.7 Å². The fraction of sp³-hybridized carbons (Fsp3) is 0.500. The van der Waals surface area contributed by atoms with Crippen molar-refractivity contribution in [3.8, 4) is 11.5 Å². The Morgan fingerprint density at radius 1 is 1.13 bits per heavy atom. The molecule has 5 heteroatoms. The van der Waals surface area contributed by atoms with Gasteiger partial charge in [0.25, 0.3) is 0 Å². The quantitative estimate of drug-likeness (QED) is 0.758. The van der Waals surface area contributed by atoms with E-state index in [1.54, 1.807) is 14.2 Å². The van der Waals surface area contributed by atoms with Gasteiger partial charge in [0, 0.05) is 13.1 Å². The average molecular weight is 318 g/mol. The molecule has 0 saturated carbocycles. The molecule has 0 aromatic heterocycles. The van der Waals surface area contributed by atoms with Gasteiger partial charge in [0.1, 0.15) is 0 Å². The second kappa shape index (κ2) is 9.08. The Morgan fingerprint density at radius 2 is 1.96 bits per heavy atom. The van der Waals surface area contributed by atoms with Crippen molar-refractivity contribution < 1.29 is 14.3 Å². The van der Waals surface area contributed by atoms with Gasteiger partial charge < -0.3 is 20.1 Å². The Hall–Kier alpha value is -2.17. The van der Waals surface area contributed by atoms with Gasteiger partial charge in [-0.2, -0.15) is 0 Å². The number of urea groups is 1. The summed E-state index contributed by atoms with van der Waals surface area (Å²) in [4.78, 5) is 11.8. The third-order valence-corrected chi connectivity index (χ3v) is 4.02. The third kappa shape index (κ3) is 5.51. The zero-order chi connectivity index (χ0) is 16.5. The summed E-state index contributed by atoms with van der Waals surface area (Å²) in [6.07, 6.45) is 8.19. The molecular formula is C18H26N2O3. The minimum Gasteiger partial charge on any atom is -0.493 e. The molecule has 1 aromatic carbocycles. The van der Waals surface area contributed by atoms with Crippen LogP contribution in [0.5, 0.6) is 11.5 Å². The predicted molar refractivity (Wildman–Crippen MR) is 91.0 cm³/mol. The average Bonchev–Trinajstić information content (AvgIpc) is 2.60. The van der Waals surface area contributed by atoms with E-state index < -0.39 is 0 Å². The summed E-state index contributed by atoms with van der Waals surface area (Å²) in [6, 6.07) is 5.47. The molecule has 0 heterocycles. The maximum atomic E-state index is 11.8. The highest BCUT2D eigenvalue weighted by Gasteiger charge is 2.07. The van der Waals surface area contributed by atoms with Gasteiger partial charge in [-0.1, -0.05) is 17.7 Å². The molecule has 2 amide bonds. The molecule has 0 bridgehead atoms. The Balaban J connectivity index is 1.72. The fourth-order valence-corrected chi connectivity index (χ4v) is 2.70. The lowest BCUT2D eigenvalue weighted by atomic mass is 9.97. The number of ether oxygens (including phenoxy) is 2. The number of hydrogen-bond acceptors (Lipinski definition) is 3. The lowest BCUT2D eigenvalue weighted by Crippen LogP contribution is -2.35. The summed E-state index contributed by atoms with van der Waals surface area (Å²) in [5.41, 5.74) is 2.43. The summed E-state index contributed by atoms with van der Waals surface area (Å²) in [5.74, 6) is 1.35. The topological polar surface area (TPSA) is 59.6 Å². The van der Waals surface area contributed by atoms with Crippen molar-refractivity contribution in [2.24, 2.45) is 0 Å². The number of hydrogen-bond donors (Lipinski definition) is 2. The normalized spacial score (nSPS) is 13.9. The van der Waals surface area contributed by atoms with Crippen LogP contribution in [0.1, 0.15) is 37.7 Å². The van der Waals surface area contributed by atoms with Crippen LogP contribution in [0.25, 0.3) is 0 Å². The first-order valence-corrected chi connectivity index (χ1v) is 8.13. The smallest absolute Gasteiger partial charge is 0.315 e. The van der Waals surface area contributed by atoms with Crippen LogP contribution < -0.4 is 20.1 Å². The molecule has 126 valence electrons. The summed E-state index contributed by atoms with van der Waals surface area (Å²) in [5, 5.41) is 5.76. The van der Waals surface area contributed by atoms with E-state index in [1.165, 1.54) is 31.3 Å². The van der Waals surface area contributed by atoms with Crippen molar-refractivity contribution in [1.82, 2.24) is 10.6 Å². The molecule has 23 heavy (non-hydrogen) atoms. The summed E-state index contributed by atoms with van der Waals surface area (Å²) in [7, 11) is 3.20. The number of methoxy groups -OCH3 is 2. The second-order valence-electron chi connectivity index (χ2n) is 5.66. The second-order valence-corrected chi connectivity index (χ2v) is 5.66. The number of allylic oxidation sites excluding steroid dienone is 1. The van der Waals surface area contributed by atoms with E-state index in [1.807, 2.05) is 18.2 Å². The Kier molecular flexibility index (Phi) is 6.78. The van der Waals surface area contributed by atoms with Crippen LogP contribution in [0.4, 0.5) is 4.79 Å². The van der Waals surface area contributed by atoms with Crippen molar-refractivity contribution in [3.63, 3.8) is 0 Å². The van der Waals surface area contributed by atoms with E-state index in [-0.39, 0.29) is 6.03 Å². The summed E-state index contributed by atoms with van der Waals surface area (Å²) >= 11 is 0. The van der Waals surface area contributed by atoms with Crippen LogP contribution in [0.15, 0.2) is 29.8 Å². The zero-order valence-corrected chi connectivity index (χ0v) is 14.0. The van der Waals surface area contributed by atoms with Crippen molar-refractivity contribution in [1.29, 1.82) is 0 Å². The number of rotatable bonds is 7. The van der Waals surface area contributed by atoms with Gasteiger partial charge in [0.2, 0.25) is 0 Å². The Morgan fingerprint density at radius 3 is 2.65 bits per heavy atom. The molecule has 0 unspecified atom stereocenters. The highest BCUT2D eigenvalue weighted by Crippen LogP contribution is 2.27. The molecule has 0 aliphatic heterocycles. The number of amides is 2. The van der Waals surface area contributed by atoms with Gasteiger partial charge in [-0.15, -0.1) is 0 Å². The molecule has 0 radical (unpaired) electrons. The fourth-order valence-electron chi connectivity index (χ4n) is 2.70. The molecule has 2 N–H and O–H groups in total. The van der Waals surface area contributed by atoms with E-state index in [4.69, 9.17) is 9.47 Å². The monoisotopic (exact) mass is 318 g/mol. The van der Waals surface area contributed by atoms with Crippen LogP contribution in [0, 0.1) is 0 Å². The van der Waals surface area contributed by atoms with Gasteiger partial charge in [0.15, 0.2) is 11.5 Å². The SMILES string of the molecule is COc1ccc(CNC(=O)NCCC2=CCCCC2)cc1OC. The Bertz CT molecular complexity index is 555. The standard InChI is InChI=1S/C18H26N2O3/c1-22-16-9-8-15(12-17(16)23-2)13-20-18(21)19-11-10-14-6-4-3-5-7-14/h6,8-9,12H,3-5,7,10-11,13H2,1-2H3,(H2,19,20,21). The van der Waals surface area contributed by atoms with Crippen molar-refractivity contribution in [2.45, 2.75) is 38.6 Å². The van der Waals surface area contributed by atoms with Crippen molar-refractivity contribution in [3.05, 3.63) is 35.4 Å². The van der Waals surface area contributed by atoms with Crippen molar-refractivity contribution in [2.75, 3.05) is 20.8 Å². The maximum Gasteiger partial charge on any atom is 0.315 e. The zero-order valence-electron chi connectivity index (χ0n) is 14.0. The van der Waals surface area contributed by atoms with Gasteiger partial charge in [-0.25, -0.2) is 4.79 Å². The lowest BCUT2D eigenvalue weighted by Gasteiger charge is -2.13. The third-order valence-electron chi connectivity index (χ3n) is 4.02. The molecule has 0 fully saturated rings. The molecular weight excluding hydrogens is 292 g/mol. The molecule has 0 saturated heterocycles. The highest BCUT2D eigenvalue weighted by molar-refractivity contribution is 5.73. The maximum absolute atomic E-state index is 11.8. The summed E-state index contributed by atoms with van der Waals surface area (Å²) < 4.78 is 10.5. The minimum absolute atomic E-state index is 0.142. The van der Waals surface area contributed by atoms with E-state index in [0.29, 0.717) is 24.6 Å². The number of benzene rings is 1. The molecule has 1 aromatic rings. The Labute approximate surface area is 138 Å². The van der Waals surface area contributed by atoms with Crippen molar-refractivity contribution >= 4 is 6.03 Å². The largest absolute Gasteiger partial charge is 0.493 e. The van der Waals surface area contributed by atoms with Gasteiger partial charge in [-0.3, -0.25) is 0 Å². The van der Waals surface area contributed by atoms with Crippen LogP contribution in [0.2, 0.25) is 0 Å². The van der Waals surface area contributed by atoms with Crippen LogP contribution in [-0.4, -0.2) is 26.8 Å². The number of carbonyl (C=O) groups excluding carboxylic acids is 1. The minimum atomic E-state index is -0.142. The molecule has 1 aliphatic carbocycles. The summed E-state index contributed by atoms with van der Waals surface area (Å²) in [6.45, 7) is 1.14. The first-order chi connectivity index (χ1) is 11.2. The molecule has 1 aliphatic rings. The van der Waals surface area contributed by atoms with Crippen LogP contribution in [0.3, 0.4) is 0 Å². The van der Waals surface area contributed by atoms with Crippen LogP contribution >= 0.6 is 0 Å². The molecule has 5 nitrogen and oxygen atoms in total. The van der Waals surface area contributed by atoms with E-state index in [0.717, 1.165) is 12.0 Å². The predicted octanol–water partition coefficient (Wildman–Crippen LogP) is 3.39. The number of nitrogens with one attached hydrogen (secondary N) is 2. The van der Waals surface area contributed by atoms with Gasteiger partial charge in [0.05, 0.1) is 14.2 Å². The molecule has 0 atom stereocenters. The van der Waals surface area contributed by atoms with Crippen LogP contribution in [-0.2, 0) is 6.54 Å². The first-order valence-electron chi connectivity index (χ1n) is 8.13. The van der Waals surface area contributed by atoms with Gasteiger partial charge in [-0.05, 0) is 49.8 Å². The van der Waals surface area contributed by atoms with E-state index >= 15 is 0 Å². The molecule has 2 rings (SSSR count). The van der Waals surface area contributed by atoms with E-state index in [9.17, 15) is 4.79 Å².